The van der Waals surface area contributed by atoms with Crippen LogP contribution in [0, 0.1) is 0 Å². The van der Waals surface area contributed by atoms with E-state index in [2.05, 4.69) is 133 Å². The van der Waals surface area contributed by atoms with E-state index in [0.29, 0.717) is 11.8 Å². The third-order valence-electron chi connectivity index (χ3n) is 13.0. The SMILES string of the molecule is c1ccc2c(C3CCCCC3)c3ccccc3c(-c3ccc4c(c3)[se]c3c(-c5c6ccccc6c(C6CCCCC6)c6ccccc56)cccc34)c2c1. The summed E-state index contributed by atoms with van der Waals surface area (Å²) in [6.07, 6.45) is 13.4. The molecule has 0 radical (unpaired) electrons. The molecule has 0 unspecified atom stereocenters. The third kappa shape index (κ3) is 5.08. The Kier molecular flexibility index (Phi) is 7.81. The Labute approximate surface area is 318 Å². The van der Waals surface area contributed by atoms with Gasteiger partial charge in [-0.1, -0.05) is 0 Å². The van der Waals surface area contributed by atoms with Gasteiger partial charge in [-0.25, -0.2) is 0 Å². The normalized spacial score (nSPS) is 16.2. The first-order valence-corrected chi connectivity index (χ1v) is 21.9. The molecular weight excluding hydrogens is 704 g/mol. The molecule has 11 rings (SSSR count). The number of hydrogen-bond donors (Lipinski definition) is 0. The minimum atomic E-state index is 0.190. The molecule has 258 valence electrons. The van der Waals surface area contributed by atoms with Crippen LogP contribution in [0.25, 0.3) is 84.6 Å². The predicted molar refractivity (Wildman–Crippen MR) is 231 cm³/mol. The Morgan fingerprint density at radius 3 is 1.28 bits per heavy atom. The van der Waals surface area contributed by atoms with Crippen LogP contribution in [0.1, 0.15) is 87.2 Å². The molecule has 53 heavy (non-hydrogen) atoms. The van der Waals surface area contributed by atoms with E-state index in [4.69, 9.17) is 0 Å². The van der Waals surface area contributed by atoms with Gasteiger partial charge in [-0.05, 0) is 0 Å². The first kappa shape index (κ1) is 31.8. The van der Waals surface area contributed by atoms with Crippen molar-refractivity contribution in [2.75, 3.05) is 0 Å². The van der Waals surface area contributed by atoms with Gasteiger partial charge in [0.05, 0.1) is 0 Å². The zero-order chi connectivity index (χ0) is 34.9. The molecule has 0 saturated heterocycles. The summed E-state index contributed by atoms with van der Waals surface area (Å²) in [6, 6.07) is 51.9. The molecule has 2 saturated carbocycles. The molecule has 0 amide bonds. The Bertz CT molecular complexity index is 2740. The van der Waals surface area contributed by atoms with E-state index in [0.717, 1.165) is 0 Å². The van der Waals surface area contributed by atoms with Crippen molar-refractivity contribution in [3.8, 4) is 22.3 Å². The fraction of sp³-hybridized carbons (Fsp3) is 0.231. The van der Waals surface area contributed by atoms with Gasteiger partial charge in [0.25, 0.3) is 0 Å². The molecule has 1 heteroatoms. The Balaban J connectivity index is 1.14. The third-order valence-corrected chi connectivity index (χ3v) is 15.6. The second-order valence-electron chi connectivity index (χ2n) is 15.9. The molecule has 0 atom stereocenters. The van der Waals surface area contributed by atoms with E-state index in [-0.39, 0.29) is 14.5 Å². The van der Waals surface area contributed by atoms with Crippen LogP contribution in [0.5, 0.6) is 0 Å². The van der Waals surface area contributed by atoms with Gasteiger partial charge in [0.15, 0.2) is 0 Å². The van der Waals surface area contributed by atoms with Crippen LogP contribution < -0.4 is 0 Å². The first-order chi connectivity index (χ1) is 26.3. The quantitative estimate of drug-likeness (QED) is 0.124. The molecular formula is C52H44Se. The van der Waals surface area contributed by atoms with Gasteiger partial charge in [-0.2, -0.15) is 0 Å². The fourth-order valence-electron chi connectivity index (χ4n) is 10.7. The number of benzene rings is 8. The summed E-state index contributed by atoms with van der Waals surface area (Å²) in [4.78, 5) is 0. The summed E-state index contributed by atoms with van der Waals surface area (Å²) in [6.45, 7) is 0. The van der Waals surface area contributed by atoms with Crippen molar-refractivity contribution in [2.24, 2.45) is 0 Å². The summed E-state index contributed by atoms with van der Waals surface area (Å²) < 4.78 is 3.05. The average molecular weight is 748 g/mol. The van der Waals surface area contributed by atoms with Gasteiger partial charge >= 0.3 is 320 Å². The van der Waals surface area contributed by atoms with Gasteiger partial charge in [0.1, 0.15) is 0 Å². The van der Waals surface area contributed by atoms with E-state index in [1.165, 1.54) is 149 Å². The molecule has 0 nitrogen and oxygen atoms in total. The second-order valence-corrected chi connectivity index (χ2v) is 18.1. The topological polar surface area (TPSA) is 0 Å². The van der Waals surface area contributed by atoms with Crippen molar-refractivity contribution in [3.05, 3.63) is 145 Å². The van der Waals surface area contributed by atoms with Gasteiger partial charge in [-0.15, -0.1) is 0 Å². The monoisotopic (exact) mass is 748 g/mol. The van der Waals surface area contributed by atoms with E-state index in [1.807, 2.05) is 0 Å². The minimum absolute atomic E-state index is 0.190. The van der Waals surface area contributed by atoms with Crippen molar-refractivity contribution in [3.63, 3.8) is 0 Å². The number of rotatable bonds is 4. The summed E-state index contributed by atoms with van der Waals surface area (Å²) in [5.74, 6) is 1.29. The van der Waals surface area contributed by atoms with Crippen LogP contribution in [0.4, 0.5) is 0 Å². The summed E-state index contributed by atoms with van der Waals surface area (Å²) in [7, 11) is 0. The Morgan fingerprint density at radius 2 is 0.792 bits per heavy atom. The standard InChI is InChI=1S/C52H44Se/c1-3-16-33(17-4-1)48-37-20-7-9-22-39(37)50(40-23-10-8-21-38(40)48)35-30-31-36-45-28-15-29-46(52(45)53-47(36)32-35)51-43-26-13-11-24-41(43)49(34-18-5-2-6-19-34)42-25-12-14-27-44(42)51/h7-15,20-34H,1-6,16-19H2. The average Bonchev–Trinajstić information content (AvgIpc) is 3.61. The Morgan fingerprint density at radius 1 is 0.358 bits per heavy atom. The fourth-order valence-corrected chi connectivity index (χ4v) is 13.4. The maximum atomic E-state index is 2.57. The molecule has 2 aliphatic rings. The first-order valence-electron chi connectivity index (χ1n) is 20.2. The zero-order valence-electron chi connectivity index (χ0n) is 30.3. The zero-order valence-corrected chi connectivity index (χ0v) is 32.0. The van der Waals surface area contributed by atoms with Gasteiger partial charge < -0.3 is 0 Å². The van der Waals surface area contributed by atoms with Crippen molar-refractivity contribution >= 4 is 76.9 Å². The van der Waals surface area contributed by atoms with Crippen LogP contribution in [0.2, 0.25) is 0 Å². The molecule has 0 bridgehead atoms. The molecule has 2 fully saturated rings. The van der Waals surface area contributed by atoms with E-state index < -0.39 is 0 Å². The van der Waals surface area contributed by atoms with E-state index >= 15 is 0 Å². The number of hydrogen-bond acceptors (Lipinski definition) is 0. The van der Waals surface area contributed by atoms with Crippen molar-refractivity contribution < 1.29 is 0 Å². The van der Waals surface area contributed by atoms with Gasteiger partial charge in [0, 0.05) is 0 Å². The van der Waals surface area contributed by atoms with Gasteiger partial charge in [0.2, 0.25) is 0 Å². The molecule has 2 aliphatic carbocycles. The van der Waals surface area contributed by atoms with Crippen LogP contribution in [0.15, 0.2) is 133 Å². The van der Waals surface area contributed by atoms with Crippen LogP contribution in [0.3, 0.4) is 0 Å². The molecule has 0 N–H and O–H groups in total. The predicted octanol–water partition coefficient (Wildman–Crippen LogP) is 15.1. The molecule has 1 heterocycles. The molecule has 0 aliphatic heterocycles. The van der Waals surface area contributed by atoms with Gasteiger partial charge in [-0.3, -0.25) is 0 Å². The summed E-state index contributed by atoms with van der Waals surface area (Å²) in [5, 5.41) is 14.4. The summed E-state index contributed by atoms with van der Waals surface area (Å²) in [5.41, 5.74) is 8.81. The van der Waals surface area contributed by atoms with E-state index in [1.54, 1.807) is 11.1 Å². The molecule has 9 aromatic rings. The van der Waals surface area contributed by atoms with Crippen molar-refractivity contribution in [1.82, 2.24) is 0 Å². The van der Waals surface area contributed by atoms with Crippen molar-refractivity contribution in [1.29, 1.82) is 0 Å². The van der Waals surface area contributed by atoms with Crippen molar-refractivity contribution in [2.45, 2.75) is 76.0 Å². The molecule has 8 aromatic carbocycles. The number of fused-ring (bicyclic) bond motifs is 7. The molecule has 0 spiro atoms. The second kappa shape index (κ2) is 13.0. The van der Waals surface area contributed by atoms with Crippen LogP contribution in [-0.4, -0.2) is 14.5 Å². The van der Waals surface area contributed by atoms with E-state index in [9.17, 15) is 0 Å². The Hall–Kier alpha value is -4.68. The van der Waals surface area contributed by atoms with Crippen LogP contribution >= 0.6 is 0 Å². The van der Waals surface area contributed by atoms with Crippen LogP contribution in [-0.2, 0) is 0 Å². The maximum absolute atomic E-state index is 2.57. The summed E-state index contributed by atoms with van der Waals surface area (Å²) >= 11 is 0.190. The molecule has 1 aromatic heterocycles.